The van der Waals surface area contributed by atoms with E-state index < -0.39 is 0 Å². The molecule has 16 heavy (non-hydrogen) atoms. The maximum absolute atomic E-state index is 11.5. The second kappa shape index (κ2) is 4.25. The molecular weight excluding hydrogens is 204 g/mol. The highest BCUT2D eigenvalue weighted by molar-refractivity contribution is 5.33. The van der Waals surface area contributed by atoms with Gasteiger partial charge in [0, 0.05) is 25.2 Å². The average molecular weight is 222 g/mol. The standard InChI is InChI=1S/C11H18N4O/c1-7(2)9-5-10(16)14-11(13-9)15-4-3-8(12)6-15/h5,7-8H,3-4,6,12H2,1-2H3,(H,13,14,16). The first-order chi connectivity index (χ1) is 7.56. The number of nitrogens with zero attached hydrogens (tertiary/aromatic N) is 2. The van der Waals surface area contributed by atoms with E-state index in [1.165, 1.54) is 0 Å². The lowest BCUT2D eigenvalue weighted by molar-refractivity contribution is 0.747. The average Bonchev–Trinajstić information content (AvgIpc) is 2.64. The van der Waals surface area contributed by atoms with Gasteiger partial charge in [-0.1, -0.05) is 13.8 Å². The summed E-state index contributed by atoms with van der Waals surface area (Å²) in [6, 6.07) is 1.75. The molecule has 2 rings (SSSR count). The third kappa shape index (κ3) is 2.24. The predicted molar refractivity (Wildman–Crippen MR) is 63.8 cm³/mol. The highest BCUT2D eigenvalue weighted by Crippen LogP contribution is 2.16. The van der Waals surface area contributed by atoms with Crippen LogP contribution >= 0.6 is 0 Å². The van der Waals surface area contributed by atoms with E-state index in [9.17, 15) is 4.79 Å². The van der Waals surface area contributed by atoms with Crippen molar-refractivity contribution >= 4 is 5.95 Å². The van der Waals surface area contributed by atoms with Crippen molar-refractivity contribution in [3.05, 3.63) is 22.1 Å². The zero-order valence-corrected chi connectivity index (χ0v) is 9.73. The van der Waals surface area contributed by atoms with Crippen molar-refractivity contribution in [2.75, 3.05) is 18.0 Å². The van der Waals surface area contributed by atoms with Crippen LogP contribution in [-0.2, 0) is 0 Å². The first-order valence-electron chi connectivity index (χ1n) is 5.68. The summed E-state index contributed by atoms with van der Waals surface area (Å²) in [6.07, 6.45) is 0.954. The summed E-state index contributed by atoms with van der Waals surface area (Å²) < 4.78 is 0. The van der Waals surface area contributed by atoms with Crippen LogP contribution in [0.4, 0.5) is 5.95 Å². The Labute approximate surface area is 94.7 Å². The second-order valence-electron chi connectivity index (χ2n) is 4.64. The summed E-state index contributed by atoms with van der Waals surface area (Å²) in [6.45, 7) is 5.69. The van der Waals surface area contributed by atoms with E-state index in [1.807, 2.05) is 18.7 Å². The molecule has 5 heteroatoms. The summed E-state index contributed by atoms with van der Waals surface area (Å²) in [4.78, 5) is 20.8. The molecule has 0 saturated carbocycles. The summed E-state index contributed by atoms with van der Waals surface area (Å²) in [5.74, 6) is 0.918. The van der Waals surface area contributed by atoms with Crippen LogP contribution in [0, 0.1) is 0 Å². The van der Waals surface area contributed by atoms with Crippen molar-refractivity contribution < 1.29 is 0 Å². The van der Waals surface area contributed by atoms with Crippen LogP contribution in [-0.4, -0.2) is 29.1 Å². The molecular formula is C11H18N4O. The Morgan fingerprint density at radius 2 is 2.38 bits per heavy atom. The first kappa shape index (κ1) is 11.1. The minimum Gasteiger partial charge on any atom is -0.341 e. The second-order valence-corrected chi connectivity index (χ2v) is 4.64. The molecule has 1 aromatic rings. The molecule has 0 spiro atoms. The predicted octanol–water partition coefficient (Wildman–Crippen LogP) is 0.431. The van der Waals surface area contributed by atoms with Crippen molar-refractivity contribution in [1.82, 2.24) is 9.97 Å². The van der Waals surface area contributed by atoms with Gasteiger partial charge in [0.15, 0.2) is 0 Å². The largest absolute Gasteiger partial charge is 0.341 e. The summed E-state index contributed by atoms with van der Waals surface area (Å²) >= 11 is 0. The van der Waals surface area contributed by atoms with E-state index >= 15 is 0 Å². The summed E-state index contributed by atoms with van der Waals surface area (Å²) in [7, 11) is 0. The van der Waals surface area contributed by atoms with Gasteiger partial charge in [-0.05, 0) is 12.3 Å². The molecule has 1 atom stereocenters. The lowest BCUT2D eigenvalue weighted by Crippen LogP contribution is -2.29. The number of hydrogen-bond donors (Lipinski definition) is 2. The fraction of sp³-hybridized carbons (Fsp3) is 0.636. The molecule has 1 aliphatic rings. The van der Waals surface area contributed by atoms with E-state index in [0.717, 1.165) is 25.2 Å². The van der Waals surface area contributed by atoms with Gasteiger partial charge >= 0.3 is 0 Å². The molecule has 1 saturated heterocycles. The Morgan fingerprint density at radius 3 is 2.94 bits per heavy atom. The lowest BCUT2D eigenvalue weighted by Gasteiger charge is -2.17. The number of rotatable bonds is 2. The zero-order valence-electron chi connectivity index (χ0n) is 9.73. The quantitative estimate of drug-likeness (QED) is 0.761. The van der Waals surface area contributed by atoms with Gasteiger partial charge in [-0.2, -0.15) is 0 Å². The Kier molecular flexibility index (Phi) is 2.96. The molecule has 5 nitrogen and oxygen atoms in total. The Hall–Kier alpha value is -1.36. The number of nitrogens with two attached hydrogens (primary N) is 1. The summed E-state index contributed by atoms with van der Waals surface area (Å²) in [5.41, 5.74) is 6.58. The van der Waals surface area contributed by atoms with E-state index in [-0.39, 0.29) is 17.5 Å². The van der Waals surface area contributed by atoms with Crippen LogP contribution < -0.4 is 16.2 Å². The van der Waals surface area contributed by atoms with Crippen LogP contribution in [0.25, 0.3) is 0 Å². The van der Waals surface area contributed by atoms with Crippen LogP contribution in [0.5, 0.6) is 0 Å². The maximum atomic E-state index is 11.5. The van der Waals surface area contributed by atoms with Gasteiger partial charge in [0.05, 0.1) is 5.69 Å². The van der Waals surface area contributed by atoms with Crippen LogP contribution in [0.15, 0.2) is 10.9 Å². The monoisotopic (exact) mass is 222 g/mol. The van der Waals surface area contributed by atoms with Crippen LogP contribution in [0.1, 0.15) is 31.9 Å². The molecule has 1 fully saturated rings. The van der Waals surface area contributed by atoms with Crippen LogP contribution in [0.2, 0.25) is 0 Å². The van der Waals surface area contributed by atoms with Gasteiger partial charge in [0.1, 0.15) is 0 Å². The molecule has 0 aromatic carbocycles. The van der Waals surface area contributed by atoms with Gasteiger partial charge < -0.3 is 10.6 Å². The minimum atomic E-state index is -0.0887. The van der Waals surface area contributed by atoms with Crippen molar-refractivity contribution in [2.24, 2.45) is 5.73 Å². The van der Waals surface area contributed by atoms with Gasteiger partial charge in [-0.3, -0.25) is 9.78 Å². The van der Waals surface area contributed by atoms with E-state index in [1.54, 1.807) is 6.07 Å². The number of aromatic nitrogens is 2. The smallest absolute Gasteiger partial charge is 0.252 e. The van der Waals surface area contributed by atoms with Crippen molar-refractivity contribution in [2.45, 2.75) is 32.2 Å². The molecule has 0 amide bonds. The summed E-state index contributed by atoms with van der Waals surface area (Å²) in [5, 5.41) is 0. The molecule has 3 N–H and O–H groups in total. The van der Waals surface area contributed by atoms with E-state index in [0.29, 0.717) is 5.95 Å². The first-order valence-corrected chi connectivity index (χ1v) is 5.68. The molecule has 0 bridgehead atoms. The molecule has 1 unspecified atom stereocenters. The number of aromatic amines is 1. The minimum absolute atomic E-state index is 0.0887. The van der Waals surface area contributed by atoms with Crippen molar-refractivity contribution in [3.8, 4) is 0 Å². The highest BCUT2D eigenvalue weighted by atomic mass is 16.1. The SMILES string of the molecule is CC(C)c1cc(=O)[nH]c(N2CCC(N)C2)n1. The Morgan fingerprint density at radius 1 is 1.62 bits per heavy atom. The molecule has 0 radical (unpaired) electrons. The fourth-order valence-electron chi connectivity index (χ4n) is 1.89. The molecule has 0 aliphatic carbocycles. The fourth-order valence-corrected chi connectivity index (χ4v) is 1.89. The topological polar surface area (TPSA) is 75.0 Å². The van der Waals surface area contributed by atoms with Crippen LogP contribution in [0.3, 0.4) is 0 Å². The normalized spacial score (nSPS) is 20.8. The molecule has 1 aromatic heterocycles. The lowest BCUT2D eigenvalue weighted by atomic mass is 10.1. The van der Waals surface area contributed by atoms with Gasteiger partial charge in [0.2, 0.25) is 5.95 Å². The molecule has 1 aliphatic heterocycles. The third-order valence-corrected chi connectivity index (χ3v) is 2.86. The maximum Gasteiger partial charge on any atom is 0.252 e. The number of nitrogens with one attached hydrogen (secondary N) is 1. The highest BCUT2D eigenvalue weighted by Gasteiger charge is 2.21. The number of anilines is 1. The van der Waals surface area contributed by atoms with E-state index in [4.69, 9.17) is 5.73 Å². The molecule has 2 heterocycles. The van der Waals surface area contributed by atoms with Gasteiger partial charge in [-0.25, -0.2) is 4.98 Å². The Balaban J connectivity index is 2.30. The van der Waals surface area contributed by atoms with E-state index in [2.05, 4.69) is 9.97 Å². The number of H-pyrrole nitrogens is 1. The Bertz CT molecular complexity index is 426. The van der Waals surface area contributed by atoms with Crippen molar-refractivity contribution in [3.63, 3.8) is 0 Å². The van der Waals surface area contributed by atoms with Gasteiger partial charge in [0.25, 0.3) is 5.56 Å². The zero-order chi connectivity index (χ0) is 11.7. The molecule has 88 valence electrons. The third-order valence-electron chi connectivity index (χ3n) is 2.86. The number of hydrogen-bond acceptors (Lipinski definition) is 4. The van der Waals surface area contributed by atoms with Crippen molar-refractivity contribution in [1.29, 1.82) is 0 Å². The van der Waals surface area contributed by atoms with Gasteiger partial charge in [-0.15, -0.1) is 0 Å².